The summed E-state index contributed by atoms with van der Waals surface area (Å²) in [5, 5.41) is 11.0. The summed E-state index contributed by atoms with van der Waals surface area (Å²) in [5.74, 6) is -0.330. The highest BCUT2D eigenvalue weighted by Gasteiger charge is 2.32. The quantitative estimate of drug-likeness (QED) is 0.662. The van der Waals surface area contributed by atoms with Crippen molar-refractivity contribution in [2.24, 2.45) is 0 Å². The Balaban J connectivity index is 1.84. The second-order valence-electron chi connectivity index (χ2n) is 4.21. The molecule has 0 bridgehead atoms. The third-order valence-electron chi connectivity index (χ3n) is 2.50. The smallest absolute Gasteiger partial charge is 0.424 e. The molecule has 0 aliphatic heterocycles. The molecule has 124 valence electrons. The predicted octanol–water partition coefficient (Wildman–Crippen LogP) is 2.90. The predicted molar refractivity (Wildman–Crippen MR) is 74.5 cm³/mol. The van der Waals surface area contributed by atoms with Gasteiger partial charge in [0.15, 0.2) is 5.82 Å². The highest BCUT2D eigenvalue weighted by Crippen LogP contribution is 2.27. The molecule has 0 aromatic carbocycles. The van der Waals surface area contributed by atoms with Gasteiger partial charge in [0.25, 0.3) is 0 Å². The van der Waals surface area contributed by atoms with Crippen molar-refractivity contribution in [2.75, 3.05) is 0 Å². The monoisotopic (exact) mass is 358 g/mol. The van der Waals surface area contributed by atoms with Gasteiger partial charge in [0.1, 0.15) is 11.5 Å². The van der Waals surface area contributed by atoms with Crippen LogP contribution >= 0.6 is 11.6 Å². The van der Waals surface area contributed by atoms with E-state index in [0.717, 1.165) is 12.5 Å². The minimum Gasteiger partial charge on any atom is -0.424 e. The van der Waals surface area contributed by atoms with Gasteiger partial charge in [0.2, 0.25) is 18.2 Å². The third-order valence-corrected chi connectivity index (χ3v) is 2.70. The van der Waals surface area contributed by atoms with E-state index in [1.165, 1.54) is 29.4 Å². The maximum absolute atomic E-state index is 12.3. The van der Waals surface area contributed by atoms with Gasteiger partial charge in [-0.25, -0.2) is 14.6 Å². The zero-order valence-corrected chi connectivity index (χ0v) is 12.2. The zero-order valence-electron chi connectivity index (χ0n) is 11.5. The van der Waals surface area contributed by atoms with Gasteiger partial charge >= 0.3 is 6.36 Å². The Morgan fingerprint density at radius 3 is 2.83 bits per heavy atom. The van der Waals surface area contributed by atoms with E-state index < -0.39 is 12.2 Å². The fourth-order valence-electron chi connectivity index (χ4n) is 1.65. The molecule has 0 aliphatic rings. The van der Waals surface area contributed by atoms with Crippen molar-refractivity contribution in [2.45, 2.75) is 6.36 Å². The van der Waals surface area contributed by atoms with Crippen molar-refractivity contribution in [1.29, 1.82) is 0 Å². The number of halogens is 4. The van der Waals surface area contributed by atoms with E-state index in [9.17, 15) is 13.2 Å². The average molecular weight is 359 g/mol. The molecule has 0 fully saturated rings. The minimum atomic E-state index is -4.88. The lowest BCUT2D eigenvalue weighted by Gasteiger charge is -2.08. The van der Waals surface area contributed by atoms with Crippen molar-refractivity contribution in [3.05, 3.63) is 35.9 Å². The van der Waals surface area contributed by atoms with Crippen LogP contribution in [-0.4, -0.2) is 36.3 Å². The number of alkyl halides is 3. The van der Waals surface area contributed by atoms with Crippen LogP contribution in [0.3, 0.4) is 0 Å². The largest absolute Gasteiger partial charge is 0.574 e. The highest BCUT2D eigenvalue weighted by atomic mass is 35.5. The molecule has 0 radical (unpaired) electrons. The molecule has 3 rings (SSSR count). The van der Waals surface area contributed by atoms with E-state index >= 15 is 0 Å². The summed E-state index contributed by atoms with van der Waals surface area (Å²) >= 11 is 5.70. The van der Waals surface area contributed by atoms with Gasteiger partial charge < -0.3 is 9.15 Å². The van der Waals surface area contributed by atoms with Crippen LogP contribution in [0.2, 0.25) is 5.15 Å². The van der Waals surface area contributed by atoms with Crippen molar-refractivity contribution >= 4 is 23.9 Å². The van der Waals surface area contributed by atoms with Crippen LogP contribution < -0.4 is 4.74 Å². The molecule has 0 atom stereocenters. The van der Waals surface area contributed by atoms with Crippen LogP contribution in [0.5, 0.6) is 5.88 Å². The van der Waals surface area contributed by atoms with Crippen molar-refractivity contribution in [3.8, 4) is 17.3 Å². The summed E-state index contributed by atoms with van der Waals surface area (Å²) in [7, 11) is 0. The van der Waals surface area contributed by atoms with Gasteiger partial charge in [-0.05, 0) is 6.07 Å². The fraction of sp³-hybridized carbons (Fsp3) is 0.0833. The Bertz CT molecular complexity index is 862. The first-order chi connectivity index (χ1) is 11.4. The summed E-state index contributed by atoms with van der Waals surface area (Å²) < 4.78 is 46.8. The van der Waals surface area contributed by atoms with Crippen molar-refractivity contribution < 1.29 is 22.3 Å². The van der Waals surface area contributed by atoms with Gasteiger partial charge in [-0.15, -0.1) is 28.5 Å². The van der Waals surface area contributed by atoms with Crippen LogP contribution in [0.1, 0.15) is 5.89 Å². The van der Waals surface area contributed by atoms with E-state index in [-0.39, 0.29) is 22.4 Å². The van der Waals surface area contributed by atoms with Crippen molar-refractivity contribution in [1.82, 2.24) is 29.9 Å². The summed E-state index contributed by atoms with van der Waals surface area (Å²) in [5.41, 5.74) is 0.208. The zero-order chi connectivity index (χ0) is 17.2. The van der Waals surface area contributed by atoms with Crippen LogP contribution in [0.15, 0.2) is 29.3 Å². The molecular formula is C12H6ClF3N6O2. The molecule has 3 aromatic heterocycles. The number of ether oxygens (including phenoxy) is 1. The topological polar surface area (TPSA) is 91.8 Å². The Hall–Kier alpha value is -2.95. The van der Waals surface area contributed by atoms with Gasteiger partial charge in [0.05, 0.1) is 0 Å². The number of hydrogen-bond donors (Lipinski definition) is 0. The summed E-state index contributed by atoms with van der Waals surface area (Å²) in [4.78, 5) is 7.42. The Kier molecular flexibility index (Phi) is 4.16. The van der Waals surface area contributed by atoms with Crippen LogP contribution in [-0.2, 0) is 0 Å². The molecule has 12 heteroatoms. The Labute approximate surface area is 136 Å². The maximum Gasteiger partial charge on any atom is 0.574 e. The lowest BCUT2D eigenvalue weighted by atomic mass is 10.2. The summed E-state index contributed by atoms with van der Waals surface area (Å²) in [6.07, 6.45) is 0.562. The molecule has 0 unspecified atom stereocenters. The normalized spacial score (nSPS) is 12.0. The molecule has 0 amide bonds. The maximum atomic E-state index is 12.3. The summed E-state index contributed by atoms with van der Waals surface area (Å²) in [6, 6.07) is 2.34. The molecule has 24 heavy (non-hydrogen) atoms. The first-order valence-electron chi connectivity index (χ1n) is 6.18. The first-order valence-corrected chi connectivity index (χ1v) is 6.56. The molecule has 0 saturated heterocycles. The number of hydrogen-bond acceptors (Lipinski definition) is 7. The van der Waals surface area contributed by atoms with Crippen molar-refractivity contribution in [3.63, 3.8) is 0 Å². The van der Waals surface area contributed by atoms with Gasteiger partial charge in [-0.2, -0.15) is 0 Å². The average Bonchev–Trinajstić information content (AvgIpc) is 3.14. The van der Waals surface area contributed by atoms with E-state index in [0.29, 0.717) is 0 Å². The van der Waals surface area contributed by atoms with Gasteiger partial charge in [-0.1, -0.05) is 11.6 Å². The SMILES string of the molecule is FC(F)(F)Oc1cc(-c2ncn(/C=C\c3nnco3)n2)cc(Cl)n1. The molecule has 3 aromatic rings. The highest BCUT2D eigenvalue weighted by molar-refractivity contribution is 6.29. The lowest BCUT2D eigenvalue weighted by Crippen LogP contribution is -2.18. The molecule has 0 saturated carbocycles. The fourth-order valence-corrected chi connectivity index (χ4v) is 1.85. The number of nitrogens with zero attached hydrogens (tertiary/aromatic N) is 6. The number of rotatable bonds is 4. The molecule has 0 N–H and O–H groups in total. The Morgan fingerprint density at radius 1 is 1.29 bits per heavy atom. The first kappa shape index (κ1) is 15.9. The van der Waals surface area contributed by atoms with Crippen LogP contribution in [0.25, 0.3) is 23.7 Å². The minimum absolute atomic E-state index is 0.126. The molecule has 8 nitrogen and oxygen atoms in total. The molecular weight excluding hydrogens is 353 g/mol. The van der Waals surface area contributed by atoms with E-state index in [1.54, 1.807) is 0 Å². The van der Waals surface area contributed by atoms with Gasteiger partial charge in [0, 0.05) is 23.9 Å². The molecule has 3 heterocycles. The van der Waals surface area contributed by atoms with E-state index in [2.05, 4.69) is 30.0 Å². The van der Waals surface area contributed by atoms with E-state index in [4.69, 9.17) is 16.0 Å². The van der Waals surface area contributed by atoms with E-state index in [1.807, 2.05) is 0 Å². The molecule has 0 spiro atoms. The van der Waals surface area contributed by atoms with Crippen LogP contribution in [0.4, 0.5) is 13.2 Å². The van der Waals surface area contributed by atoms with Crippen LogP contribution in [0, 0.1) is 0 Å². The third kappa shape index (κ3) is 4.07. The standard InChI is InChI=1S/C12H6ClF3N6O2/c13-8-3-7(4-10(19-8)24-12(14,15)16)11-17-5-22(21-11)2-1-9-20-18-6-23-9/h1-6H/b2-1-. The second-order valence-corrected chi connectivity index (χ2v) is 4.59. The van der Waals surface area contributed by atoms with Gasteiger partial charge in [-0.3, -0.25) is 0 Å². The summed E-state index contributed by atoms with van der Waals surface area (Å²) in [6.45, 7) is 0. The lowest BCUT2D eigenvalue weighted by molar-refractivity contribution is -0.276. The second kappa shape index (κ2) is 6.28. The molecule has 0 aliphatic carbocycles. The number of aromatic nitrogens is 6. The Morgan fingerprint density at radius 2 is 2.12 bits per heavy atom. The number of pyridine rings is 1.